The van der Waals surface area contributed by atoms with Crippen LogP contribution in [0.15, 0.2) is 0 Å². The molecule has 1 N–H and O–H groups in total. The largest absolute Gasteiger partial charge is 0.393 e. The van der Waals surface area contributed by atoms with E-state index in [9.17, 15) is 5.11 Å². The van der Waals surface area contributed by atoms with Crippen molar-refractivity contribution in [2.45, 2.75) is 32.8 Å². The Morgan fingerprint density at radius 1 is 1.14 bits per heavy atom. The molecule has 0 spiro atoms. The zero-order valence-corrected chi connectivity index (χ0v) is 9.58. The van der Waals surface area contributed by atoms with Crippen LogP contribution < -0.4 is 0 Å². The molecule has 1 atom stereocenters. The van der Waals surface area contributed by atoms with Gasteiger partial charge in [0.1, 0.15) is 0 Å². The first-order valence-electron chi connectivity index (χ1n) is 5.85. The van der Waals surface area contributed by atoms with Gasteiger partial charge in [-0.3, -0.25) is 0 Å². The molecule has 0 radical (unpaired) electrons. The fourth-order valence-corrected chi connectivity index (χ4v) is 1.93. The highest BCUT2D eigenvalue weighted by Crippen LogP contribution is 2.04. The van der Waals surface area contributed by atoms with Crippen molar-refractivity contribution in [1.29, 1.82) is 0 Å². The zero-order chi connectivity index (χ0) is 10.4. The molecule has 14 heavy (non-hydrogen) atoms. The number of rotatable bonds is 4. The van der Waals surface area contributed by atoms with Gasteiger partial charge in [-0.1, -0.05) is 6.92 Å². The average molecular weight is 200 g/mol. The average Bonchev–Trinajstić information content (AvgIpc) is 2.39. The highest BCUT2D eigenvalue weighted by Gasteiger charge is 2.13. The summed E-state index contributed by atoms with van der Waals surface area (Å²) < 4.78 is 0. The number of nitrogens with zero attached hydrogens (tertiary/aromatic N) is 2. The SMILES string of the molecule is CCN1CCCN(CCC(C)O)CC1. The molecule has 0 aromatic rings. The van der Waals surface area contributed by atoms with E-state index in [1.54, 1.807) is 0 Å². The highest BCUT2D eigenvalue weighted by atomic mass is 16.3. The van der Waals surface area contributed by atoms with Crippen LogP contribution in [0.2, 0.25) is 0 Å². The molecular formula is C11H24N2O. The van der Waals surface area contributed by atoms with Crippen LogP contribution in [-0.2, 0) is 0 Å². The Kier molecular flexibility index (Phi) is 5.45. The Bertz CT molecular complexity index is 150. The second-order valence-corrected chi connectivity index (χ2v) is 4.27. The van der Waals surface area contributed by atoms with Crippen LogP contribution in [-0.4, -0.2) is 60.3 Å². The lowest BCUT2D eigenvalue weighted by Gasteiger charge is -2.21. The van der Waals surface area contributed by atoms with Crippen LogP contribution in [0, 0.1) is 0 Å². The van der Waals surface area contributed by atoms with Gasteiger partial charge in [0.05, 0.1) is 6.10 Å². The summed E-state index contributed by atoms with van der Waals surface area (Å²) in [5.74, 6) is 0. The van der Waals surface area contributed by atoms with Gasteiger partial charge in [0.25, 0.3) is 0 Å². The van der Waals surface area contributed by atoms with E-state index in [2.05, 4.69) is 16.7 Å². The minimum absolute atomic E-state index is 0.152. The van der Waals surface area contributed by atoms with Crippen LogP contribution >= 0.6 is 0 Å². The van der Waals surface area contributed by atoms with E-state index < -0.39 is 0 Å². The Morgan fingerprint density at radius 2 is 1.79 bits per heavy atom. The van der Waals surface area contributed by atoms with E-state index in [0.29, 0.717) is 0 Å². The highest BCUT2D eigenvalue weighted by molar-refractivity contribution is 4.69. The predicted octanol–water partition coefficient (Wildman–Crippen LogP) is 0.785. The molecule has 0 amide bonds. The molecule has 0 aliphatic carbocycles. The number of aliphatic hydroxyl groups excluding tert-OH is 1. The summed E-state index contributed by atoms with van der Waals surface area (Å²) in [7, 11) is 0. The van der Waals surface area contributed by atoms with Crippen molar-refractivity contribution in [2.24, 2.45) is 0 Å². The van der Waals surface area contributed by atoms with Crippen LogP contribution in [0.5, 0.6) is 0 Å². The smallest absolute Gasteiger partial charge is 0.0524 e. The fourth-order valence-electron chi connectivity index (χ4n) is 1.93. The Labute approximate surface area is 87.7 Å². The number of hydrogen-bond acceptors (Lipinski definition) is 3. The standard InChI is InChI=1S/C11H24N2O/c1-3-12-6-4-7-13(10-9-12)8-5-11(2)14/h11,14H,3-10H2,1-2H3. The molecule has 0 bridgehead atoms. The first-order chi connectivity index (χ1) is 6.72. The van der Waals surface area contributed by atoms with Gasteiger partial charge in [-0.25, -0.2) is 0 Å². The second-order valence-electron chi connectivity index (χ2n) is 4.27. The number of likely N-dealkylation sites (N-methyl/N-ethyl adjacent to an activating group) is 1. The van der Waals surface area contributed by atoms with Gasteiger partial charge in [0.2, 0.25) is 0 Å². The lowest BCUT2D eigenvalue weighted by Crippen LogP contribution is -2.32. The van der Waals surface area contributed by atoms with Crippen molar-refractivity contribution in [3.63, 3.8) is 0 Å². The van der Waals surface area contributed by atoms with Gasteiger partial charge >= 0.3 is 0 Å². The van der Waals surface area contributed by atoms with Crippen molar-refractivity contribution < 1.29 is 5.11 Å². The summed E-state index contributed by atoms with van der Waals surface area (Å²) in [4.78, 5) is 4.98. The summed E-state index contributed by atoms with van der Waals surface area (Å²) >= 11 is 0. The van der Waals surface area contributed by atoms with Crippen molar-refractivity contribution in [1.82, 2.24) is 9.80 Å². The van der Waals surface area contributed by atoms with E-state index in [1.807, 2.05) is 6.92 Å². The fraction of sp³-hybridized carbons (Fsp3) is 1.00. The molecule has 1 aliphatic rings. The first-order valence-corrected chi connectivity index (χ1v) is 5.85. The summed E-state index contributed by atoms with van der Waals surface area (Å²) in [5.41, 5.74) is 0. The Balaban J connectivity index is 2.20. The molecule has 1 aliphatic heterocycles. The number of aliphatic hydroxyl groups is 1. The van der Waals surface area contributed by atoms with E-state index in [4.69, 9.17) is 0 Å². The minimum Gasteiger partial charge on any atom is -0.393 e. The molecule has 1 unspecified atom stereocenters. The molecule has 84 valence electrons. The van der Waals surface area contributed by atoms with Crippen LogP contribution in [0.3, 0.4) is 0 Å². The molecule has 0 aromatic carbocycles. The van der Waals surface area contributed by atoms with Crippen LogP contribution in [0.4, 0.5) is 0 Å². The van der Waals surface area contributed by atoms with Gasteiger partial charge in [-0.2, -0.15) is 0 Å². The molecule has 1 saturated heterocycles. The van der Waals surface area contributed by atoms with Crippen molar-refractivity contribution in [3.8, 4) is 0 Å². The van der Waals surface area contributed by atoms with E-state index >= 15 is 0 Å². The van der Waals surface area contributed by atoms with Gasteiger partial charge in [0, 0.05) is 19.6 Å². The van der Waals surface area contributed by atoms with Crippen molar-refractivity contribution in [2.75, 3.05) is 39.3 Å². The van der Waals surface area contributed by atoms with E-state index in [1.165, 1.54) is 39.1 Å². The monoisotopic (exact) mass is 200 g/mol. The van der Waals surface area contributed by atoms with Gasteiger partial charge in [-0.15, -0.1) is 0 Å². The molecule has 0 saturated carbocycles. The maximum atomic E-state index is 9.21. The lowest BCUT2D eigenvalue weighted by atomic mass is 10.2. The normalized spacial score (nSPS) is 23.4. The Hall–Kier alpha value is -0.120. The van der Waals surface area contributed by atoms with Gasteiger partial charge < -0.3 is 14.9 Å². The van der Waals surface area contributed by atoms with Crippen LogP contribution in [0.1, 0.15) is 26.7 Å². The summed E-state index contributed by atoms with van der Waals surface area (Å²) in [6.07, 6.45) is 2.03. The van der Waals surface area contributed by atoms with Crippen LogP contribution in [0.25, 0.3) is 0 Å². The molecule has 3 heteroatoms. The molecule has 3 nitrogen and oxygen atoms in total. The summed E-state index contributed by atoms with van der Waals surface area (Å²) in [5, 5.41) is 9.21. The third-order valence-electron chi connectivity index (χ3n) is 2.99. The molecular weight excluding hydrogens is 176 g/mol. The maximum absolute atomic E-state index is 9.21. The second kappa shape index (κ2) is 6.38. The van der Waals surface area contributed by atoms with Crippen molar-refractivity contribution >= 4 is 0 Å². The molecule has 0 aromatic heterocycles. The molecule has 1 rings (SSSR count). The topological polar surface area (TPSA) is 26.7 Å². The molecule has 1 heterocycles. The lowest BCUT2D eigenvalue weighted by molar-refractivity contribution is 0.157. The van der Waals surface area contributed by atoms with Gasteiger partial charge in [-0.05, 0) is 39.4 Å². The minimum atomic E-state index is -0.152. The number of hydrogen-bond donors (Lipinski definition) is 1. The quantitative estimate of drug-likeness (QED) is 0.726. The van der Waals surface area contributed by atoms with E-state index in [0.717, 1.165) is 13.0 Å². The summed E-state index contributed by atoms with van der Waals surface area (Å²) in [6, 6.07) is 0. The summed E-state index contributed by atoms with van der Waals surface area (Å²) in [6.45, 7) is 11.1. The zero-order valence-electron chi connectivity index (χ0n) is 9.58. The third kappa shape index (κ3) is 4.40. The van der Waals surface area contributed by atoms with Gasteiger partial charge in [0.15, 0.2) is 0 Å². The predicted molar refractivity (Wildman–Crippen MR) is 59.5 cm³/mol. The Morgan fingerprint density at radius 3 is 2.43 bits per heavy atom. The third-order valence-corrected chi connectivity index (χ3v) is 2.99. The van der Waals surface area contributed by atoms with E-state index in [-0.39, 0.29) is 6.10 Å². The van der Waals surface area contributed by atoms with Crippen molar-refractivity contribution in [3.05, 3.63) is 0 Å². The first kappa shape index (κ1) is 12.0. The maximum Gasteiger partial charge on any atom is 0.0524 e. The molecule has 1 fully saturated rings.